The molecule has 0 spiro atoms. The SMILES string of the molecule is CC1=Nc2c(c(=O)[nH]n2C2CCOC(C)(C)C2)C(c2ccc3c(c2)n(C)c(=O)n3C)S1. The van der Waals surface area contributed by atoms with E-state index in [0.29, 0.717) is 12.2 Å². The number of hydrogen-bond donors (Lipinski definition) is 1. The highest BCUT2D eigenvalue weighted by atomic mass is 32.2. The van der Waals surface area contributed by atoms with Crippen LogP contribution in [-0.2, 0) is 18.8 Å². The van der Waals surface area contributed by atoms with Crippen LogP contribution in [-0.4, -0.2) is 36.2 Å². The maximum atomic E-state index is 13.1. The molecule has 0 radical (unpaired) electrons. The molecule has 8 nitrogen and oxygen atoms in total. The smallest absolute Gasteiger partial charge is 0.328 e. The Morgan fingerprint density at radius 1 is 1.19 bits per heavy atom. The molecule has 1 N–H and O–H groups in total. The number of imidazole rings is 1. The molecule has 0 amide bonds. The summed E-state index contributed by atoms with van der Waals surface area (Å²) in [4.78, 5) is 30.2. The van der Waals surface area contributed by atoms with Crippen LogP contribution < -0.4 is 11.2 Å². The number of aromatic amines is 1. The molecule has 2 aliphatic heterocycles. The number of aromatic nitrogens is 4. The van der Waals surface area contributed by atoms with E-state index in [2.05, 4.69) is 18.9 Å². The minimum Gasteiger partial charge on any atom is -0.375 e. The summed E-state index contributed by atoms with van der Waals surface area (Å²) in [5, 5.41) is 3.81. The molecule has 3 aromatic rings. The maximum absolute atomic E-state index is 13.1. The highest BCUT2D eigenvalue weighted by molar-refractivity contribution is 8.14. The van der Waals surface area contributed by atoms with E-state index in [4.69, 9.17) is 9.73 Å². The molecule has 164 valence electrons. The van der Waals surface area contributed by atoms with Crippen molar-refractivity contribution in [3.8, 4) is 0 Å². The van der Waals surface area contributed by atoms with Crippen LogP contribution in [0.3, 0.4) is 0 Å². The Labute approximate surface area is 183 Å². The quantitative estimate of drug-likeness (QED) is 0.661. The number of benzene rings is 1. The summed E-state index contributed by atoms with van der Waals surface area (Å²) in [6.45, 7) is 6.80. The summed E-state index contributed by atoms with van der Waals surface area (Å²) < 4.78 is 11.1. The average Bonchev–Trinajstić information content (AvgIpc) is 3.16. The lowest BCUT2D eigenvalue weighted by Crippen LogP contribution is -2.35. The van der Waals surface area contributed by atoms with Gasteiger partial charge in [0.1, 0.15) is 0 Å². The first-order valence-electron chi connectivity index (χ1n) is 10.5. The summed E-state index contributed by atoms with van der Waals surface area (Å²) in [5.41, 5.74) is 3.00. The van der Waals surface area contributed by atoms with Crippen molar-refractivity contribution in [3.05, 3.63) is 50.2 Å². The molecule has 0 bridgehead atoms. The van der Waals surface area contributed by atoms with Crippen molar-refractivity contribution in [3.63, 3.8) is 0 Å². The number of H-pyrrole nitrogens is 1. The van der Waals surface area contributed by atoms with Crippen LogP contribution >= 0.6 is 11.8 Å². The maximum Gasteiger partial charge on any atom is 0.328 e. The normalized spacial score (nSPS) is 23.1. The lowest BCUT2D eigenvalue weighted by atomic mass is 9.94. The van der Waals surface area contributed by atoms with Gasteiger partial charge in [0.05, 0.1) is 38.5 Å². The summed E-state index contributed by atoms with van der Waals surface area (Å²) in [6, 6.07) is 6.12. The van der Waals surface area contributed by atoms with Gasteiger partial charge in [-0.3, -0.25) is 23.7 Å². The number of rotatable bonds is 2. The van der Waals surface area contributed by atoms with Crippen LogP contribution in [0.4, 0.5) is 5.82 Å². The third-order valence-corrected chi connectivity index (χ3v) is 7.56. The number of fused-ring (bicyclic) bond motifs is 2. The second kappa shape index (κ2) is 7.00. The van der Waals surface area contributed by atoms with Crippen LogP contribution in [0.15, 0.2) is 32.8 Å². The molecule has 1 saturated heterocycles. The third kappa shape index (κ3) is 3.22. The van der Waals surface area contributed by atoms with Gasteiger partial charge in [-0.2, -0.15) is 0 Å². The first kappa shape index (κ1) is 20.4. The Morgan fingerprint density at radius 2 is 1.94 bits per heavy atom. The fourth-order valence-corrected chi connectivity index (χ4v) is 5.91. The van der Waals surface area contributed by atoms with E-state index in [1.165, 1.54) is 0 Å². The summed E-state index contributed by atoms with van der Waals surface area (Å²) in [7, 11) is 3.55. The molecule has 0 aliphatic carbocycles. The number of thioether (sulfide) groups is 1. The van der Waals surface area contributed by atoms with Gasteiger partial charge in [-0.1, -0.05) is 17.8 Å². The summed E-state index contributed by atoms with van der Waals surface area (Å²) >= 11 is 1.58. The lowest BCUT2D eigenvalue weighted by Gasteiger charge is -2.36. The Bertz CT molecular complexity index is 1340. The van der Waals surface area contributed by atoms with Crippen LogP contribution in [0, 0.1) is 0 Å². The minimum absolute atomic E-state index is 0.0620. The van der Waals surface area contributed by atoms with E-state index in [1.54, 1.807) is 35.0 Å². The zero-order valence-corrected chi connectivity index (χ0v) is 19.2. The van der Waals surface area contributed by atoms with Crippen molar-refractivity contribution in [2.75, 3.05) is 6.61 Å². The third-order valence-electron chi connectivity index (χ3n) is 6.38. The predicted molar refractivity (Wildman–Crippen MR) is 124 cm³/mol. The number of hydrogen-bond acceptors (Lipinski definition) is 5. The topological polar surface area (TPSA) is 86.3 Å². The van der Waals surface area contributed by atoms with Crippen molar-refractivity contribution in [2.45, 2.75) is 50.5 Å². The van der Waals surface area contributed by atoms with Crippen LogP contribution in [0.2, 0.25) is 0 Å². The minimum atomic E-state index is -0.234. The molecule has 9 heteroatoms. The number of nitrogens with one attached hydrogen (secondary N) is 1. The highest BCUT2D eigenvalue weighted by Gasteiger charge is 2.36. The molecule has 2 aliphatic rings. The van der Waals surface area contributed by atoms with Crippen LogP contribution in [0.5, 0.6) is 0 Å². The van der Waals surface area contributed by atoms with Gasteiger partial charge in [-0.25, -0.2) is 9.79 Å². The molecule has 2 atom stereocenters. The molecule has 2 aromatic heterocycles. The van der Waals surface area contributed by atoms with Gasteiger partial charge in [0.25, 0.3) is 5.56 Å². The second-order valence-corrected chi connectivity index (χ2v) is 10.4. The summed E-state index contributed by atoms with van der Waals surface area (Å²) in [5.74, 6) is 0.719. The Hall–Kier alpha value is -2.52. The molecule has 1 aromatic carbocycles. The van der Waals surface area contributed by atoms with Gasteiger partial charge in [0.15, 0.2) is 5.82 Å². The van der Waals surface area contributed by atoms with Gasteiger partial charge >= 0.3 is 5.69 Å². The van der Waals surface area contributed by atoms with Gasteiger partial charge < -0.3 is 4.74 Å². The molecule has 1 fully saturated rings. The number of aliphatic imine (C=N–C) groups is 1. The largest absolute Gasteiger partial charge is 0.375 e. The van der Waals surface area contributed by atoms with E-state index >= 15 is 0 Å². The fourth-order valence-electron chi connectivity index (χ4n) is 4.82. The summed E-state index contributed by atoms with van der Waals surface area (Å²) in [6.07, 6.45) is 1.65. The van der Waals surface area contributed by atoms with Crippen molar-refractivity contribution >= 4 is 33.7 Å². The molecule has 4 heterocycles. The first-order chi connectivity index (χ1) is 14.7. The monoisotopic (exact) mass is 441 g/mol. The Morgan fingerprint density at radius 3 is 2.68 bits per heavy atom. The average molecular weight is 442 g/mol. The van der Waals surface area contributed by atoms with Crippen molar-refractivity contribution in [1.82, 2.24) is 18.9 Å². The molecule has 5 rings (SSSR count). The Kier molecular flexibility index (Phi) is 4.60. The zero-order chi connectivity index (χ0) is 22.1. The number of aryl methyl sites for hydroxylation is 2. The lowest BCUT2D eigenvalue weighted by molar-refractivity contribution is -0.0705. The van der Waals surface area contributed by atoms with Crippen molar-refractivity contribution in [1.29, 1.82) is 0 Å². The van der Waals surface area contributed by atoms with E-state index in [0.717, 1.165) is 40.3 Å². The molecular weight excluding hydrogens is 414 g/mol. The fraction of sp³-hybridized carbons (Fsp3) is 0.500. The van der Waals surface area contributed by atoms with Crippen LogP contribution in [0.1, 0.15) is 56.0 Å². The van der Waals surface area contributed by atoms with Crippen molar-refractivity contribution < 1.29 is 4.74 Å². The molecule has 31 heavy (non-hydrogen) atoms. The number of ether oxygens (including phenoxy) is 1. The van der Waals surface area contributed by atoms with Crippen molar-refractivity contribution in [2.24, 2.45) is 19.1 Å². The second-order valence-electron chi connectivity index (χ2n) is 9.08. The van der Waals surface area contributed by atoms with Gasteiger partial charge in [-0.15, -0.1) is 0 Å². The van der Waals surface area contributed by atoms with E-state index in [1.807, 2.05) is 29.8 Å². The first-order valence-corrected chi connectivity index (χ1v) is 11.4. The van der Waals surface area contributed by atoms with Gasteiger partial charge in [0.2, 0.25) is 0 Å². The predicted octanol–water partition coefficient (Wildman–Crippen LogP) is 3.38. The highest BCUT2D eigenvalue weighted by Crippen LogP contribution is 2.45. The van der Waals surface area contributed by atoms with Gasteiger partial charge in [0, 0.05) is 20.7 Å². The van der Waals surface area contributed by atoms with E-state index in [9.17, 15) is 9.59 Å². The number of nitrogens with zero attached hydrogens (tertiary/aromatic N) is 4. The molecule has 2 unspecified atom stereocenters. The van der Waals surface area contributed by atoms with E-state index < -0.39 is 0 Å². The Balaban J connectivity index is 1.63. The molecular formula is C22H27N5O3S. The zero-order valence-electron chi connectivity index (χ0n) is 18.4. The van der Waals surface area contributed by atoms with E-state index in [-0.39, 0.29) is 28.1 Å². The van der Waals surface area contributed by atoms with Gasteiger partial charge in [-0.05, 0) is 51.3 Å². The molecule has 0 saturated carbocycles. The van der Waals surface area contributed by atoms with Crippen LogP contribution in [0.25, 0.3) is 11.0 Å². The standard InChI is InChI=1S/C22H27N5O3S/c1-12-23-19-17(20(28)24-27(19)14-8-9-30-22(2,3)11-14)18(31-12)13-6-7-15-16(10-13)26(5)21(29)25(15)4/h6-7,10,14,18H,8-9,11H2,1-5H3,(H,24,28).